The summed E-state index contributed by atoms with van der Waals surface area (Å²) < 4.78 is 0. The van der Waals surface area contributed by atoms with Crippen molar-refractivity contribution in [3.63, 3.8) is 0 Å². The molecule has 0 aliphatic carbocycles. The van der Waals surface area contributed by atoms with E-state index in [2.05, 4.69) is 9.97 Å². The van der Waals surface area contributed by atoms with Crippen LogP contribution in [0.2, 0.25) is 0 Å². The van der Waals surface area contributed by atoms with Gasteiger partial charge in [0.25, 0.3) is 0 Å². The van der Waals surface area contributed by atoms with Gasteiger partial charge in [0.1, 0.15) is 5.82 Å². The van der Waals surface area contributed by atoms with Gasteiger partial charge in [-0.1, -0.05) is 20.8 Å². The zero-order chi connectivity index (χ0) is 10.9. The number of nitrogens with zero attached hydrogens (tertiary/aromatic N) is 2. The van der Waals surface area contributed by atoms with Crippen LogP contribution in [0, 0.1) is 6.92 Å². The summed E-state index contributed by atoms with van der Waals surface area (Å²) in [5.41, 5.74) is 0.655. The van der Waals surface area contributed by atoms with Crippen molar-refractivity contribution in [3.8, 4) is 0 Å². The number of aromatic nitrogens is 2. The van der Waals surface area contributed by atoms with Gasteiger partial charge in [-0.05, 0) is 13.0 Å². The van der Waals surface area contributed by atoms with Gasteiger partial charge in [-0.15, -0.1) is 0 Å². The highest BCUT2D eigenvalue weighted by Gasteiger charge is 2.18. The molecular weight excluding hydrogens is 180 g/mol. The van der Waals surface area contributed by atoms with Gasteiger partial charge in [0, 0.05) is 5.41 Å². The van der Waals surface area contributed by atoms with Crippen molar-refractivity contribution in [1.29, 1.82) is 0 Å². The van der Waals surface area contributed by atoms with Crippen LogP contribution in [-0.2, 0) is 5.41 Å². The molecule has 0 fully saturated rings. The highest BCUT2D eigenvalue weighted by Crippen LogP contribution is 2.20. The largest absolute Gasteiger partial charge is 0.477 e. The second-order valence-electron chi connectivity index (χ2n) is 4.24. The van der Waals surface area contributed by atoms with E-state index in [1.54, 1.807) is 6.92 Å². The summed E-state index contributed by atoms with van der Waals surface area (Å²) in [4.78, 5) is 18.8. The SMILES string of the molecule is Cc1nc(C(=O)O)cc(C(C)(C)C)n1. The molecule has 0 spiro atoms. The summed E-state index contributed by atoms with van der Waals surface area (Å²) in [6.07, 6.45) is 0. The van der Waals surface area contributed by atoms with Crippen molar-refractivity contribution in [1.82, 2.24) is 9.97 Å². The summed E-state index contributed by atoms with van der Waals surface area (Å²) >= 11 is 0. The Balaban J connectivity index is 3.28. The number of carbonyl (C=O) groups is 1. The lowest BCUT2D eigenvalue weighted by Gasteiger charge is -2.18. The van der Waals surface area contributed by atoms with Gasteiger partial charge in [0.15, 0.2) is 5.69 Å². The summed E-state index contributed by atoms with van der Waals surface area (Å²) in [5, 5.41) is 8.81. The van der Waals surface area contributed by atoms with E-state index in [1.165, 1.54) is 6.07 Å². The third-order valence-electron chi connectivity index (χ3n) is 1.83. The second-order valence-corrected chi connectivity index (χ2v) is 4.24. The van der Waals surface area contributed by atoms with Gasteiger partial charge in [-0.25, -0.2) is 14.8 Å². The molecule has 0 amide bonds. The van der Waals surface area contributed by atoms with Crippen molar-refractivity contribution in [2.24, 2.45) is 0 Å². The molecule has 0 saturated heterocycles. The maximum absolute atomic E-state index is 10.7. The van der Waals surface area contributed by atoms with Crippen molar-refractivity contribution < 1.29 is 9.90 Å². The molecule has 0 aliphatic heterocycles. The lowest BCUT2D eigenvalue weighted by molar-refractivity contribution is 0.0689. The molecule has 0 unspecified atom stereocenters. The van der Waals surface area contributed by atoms with Gasteiger partial charge in [0.05, 0.1) is 5.69 Å². The van der Waals surface area contributed by atoms with Crippen LogP contribution in [0.1, 0.15) is 42.8 Å². The molecule has 0 radical (unpaired) electrons. The van der Waals surface area contributed by atoms with Crippen LogP contribution in [-0.4, -0.2) is 21.0 Å². The van der Waals surface area contributed by atoms with E-state index >= 15 is 0 Å². The molecule has 76 valence electrons. The van der Waals surface area contributed by atoms with Gasteiger partial charge in [-0.3, -0.25) is 0 Å². The third-order valence-corrected chi connectivity index (χ3v) is 1.83. The van der Waals surface area contributed by atoms with E-state index in [0.717, 1.165) is 5.69 Å². The predicted octanol–water partition coefficient (Wildman–Crippen LogP) is 1.78. The van der Waals surface area contributed by atoms with Crippen molar-refractivity contribution in [2.45, 2.75) is 33.1 Å². The fourth-order valence-electron chi connectivity index (χ4n) is 1.06. The highest BCUT2D eigenvalue weighted by atomic mass is 16.4. The van der Waals surface area contributed by atoms with Crippen molar-refractivity contribution in [3.05, 3.63) is 23.3 Å². The minimum atomic E-state index is -1.01. The maximum atomic E-state index is 10.7. The zero-order valence-electron chi connectivity index (χ0n) is 8.83. The van der Waals surface area contributed by atoms with E-state index in [-0.39, 0.29) is 11.1 Å². The minimum absolute atomic E-state index is 0.0578. The number of hydrogen-bond donors (Lipinski definition) is 1. The molecule has 14 heavy (non-hydrogen) atoms. The number of carboxylic acid groups (broad SMARTS) is 1. The number of rotatable bonds is 1. The summed E-state index contributed by atoms with van der Waals surface area (Å²) in [5.74, 6) is -0.518. The molecule has 0 bridgehead atoms. The van der Waals surface area contributed by atoms with E-state index < -0.39 is 5.97 Å². The maximum Gasteiger partial charge on any atom is 0.354 e. The molecule has 1 aromatic heterocycles. The highest BCUT2D eigenvalue weighted by molar-refractivity contribution is 5.85. The van der Waals surface area contributed by atoms with Crippen LogP contribution in [0.25, 0.3) is 0 Å². The first-order chi connectivity index (χ1) is 6.30. The Morgan fingerprint density at radius 1 is 1.36 bits per heavy atom. The van der Waals surface area contributed by atoms with Crippen LogP contribution < -0.4 is 0 Å². The van der Waals surface area contributed by atoms with E-state index in [0.29, 0.717) is 5.82 Å². The molecular formula is C10H14N2O2. The Morgan fingerprint density at radius 2 is 1.93 bits per heavy atom. The number of hydrogen-bond acceptors (Lipinski definition) is 3. The fraction of sp³-hybridized carbons (Fsp3) is 0.500. The molecule has 4 nitrogen and oxygen atoms in total. The molecule has 0 aromatic carbocycles. The topological polar surface area (TPSA) is 63.1 Å². The van der Waals surface area contributed by atoms with Crippen LogP contribution in [0.4, 0.5) is 0 Å². The Labute approximate surface area is 83.0 Å². The number of carboxylic acids is 1. The van der Waals surface area contributed by atoms with E-state index in [4.69, 9.17) is 5.11 Å². The van der Waals surface area contributed by atoms with Crippen LogP contribution in [0.15, 0.2) is 6.07 Å². The first-order valence-electron chi connectivity index (χ1n) is 4.40. The molecule has 1 N–H and O–H groups in total. The Kier molecular flexibility index (Phi) is 2.55. The zero-order valence-corrected chi connectivity index (χ0v) is 8.83. The average molecular weight is 194 g/mol. The standard InChI is InChI=1S/C10H14N2O2/c1-6-11-7(9(13)14)5-8(12-6)10(2,3)4/h5H,1-4H3,(H,13,14). The van der Waals surface area contributed by atoms with Gasteiger partial charge < -0.3 is 5.11 Å². The fourth-order valence-corrected chi connectivity index (χ4v) is 1.06. The Bertz CT molecular complexity index is 367. The third kappa shape index (κ3) is 2.28. The first kappa shape index (κ1) is 10.6. The Hall–Kier alpha value is -1.45. The molecule has 1 heterocycles. The molecule has 1 rings (SSSR count). The lowest BCUT2D eigenvalue weighted by atomic mass is 9.91. The number of aryl methyl sites for hydroxylation is 1. The van der Waals surface area contributed by atoms with Crippen LogP contribution >= 0.6 is 0 Å². The van der Waals surface area contributed by atoms with E-state index in [9.17, 15) is 4.79 Å². The molecule has 0 aliphatic rings. The predicted molar refractivity (Wildman–Crippen MR) is 52.4 cm³/mol. The molecule has 0 saturated carbocycles. The van der Waals surface area contributed by atoms with Gasteiger partial charge in [-0.2, -0.15) is 0 Å². The van der Waals surface area contributed by atoms with Crippen LogP contribution in [0.5, 0.6) is 0 Å². The Morgan fingerprint density at radius 3 is 2.36 bits per heavy atom. The summed E-state index contributed by atoms with van der Waals surface area (Å²) in [6, 6.07) is 1.52. The molecule has 0 atom stereocenters. The van der Waals surface area contributed by atoms with Crippen LogP contribution in [0.3, 0.4) is 0 Å². The normalized spacial score (nSPS) is 11.4. The average Bonchev–Trinajstić information content (AvgIpc) is 2.01. The lowest BCUT2D eigenvalue weighted by Crippen LogP contribution is -2.17. The molecule has 1 aromatic rings. The molecule has 4 heteroatoms. The quantitative estimate of drug-likeness (QED) is 0.740. The summed E-state index contributed by atoms with van der Waals surface area (Å²) in [6.45, 7) is 7.66. The first-order valence-corrected chi connectivity index (χ1v) is 4.40. The number of aromatic carboxylic acids is 1. The second kappa shape index (κ2) is 3.36. The van der Waals surface area contributed by atoms with E-state index in [1.807, 2.05) is 20.8 Å². The van der Waals surface area contributed by atoms with Gasteiger partial charge >= 0.3 is 5.97 Å². The van der Waals surface area contributed by atoms with Gasteiger partial charge in [0.2, 0.25) is 0 Å². The van der Waals surface area contributed by atoms with Crippen molar-refractivity contribution in [2.75, 3.05) is 0 Å². The van der Waals surface area contributed by atoms with Crippen molar-refractivity contribution >= 4 is 5.97 Å². The minimum Gasteiger partial charge on any atom is -0.477 e. The smallest absolute Gasteiger partial charge is 0.354 e. The summed E-state index contributed by atoms with van der Waals surface area (Å²) in [7, 11) is 0. The monoisotopic (exact) mass is 194 g/mol.